The van der Waals surface area contributed by atoms with Crippen LogP contribution in [0.3, 0.4) is 0 Å². The maximum atomic E-state index is 12.2. The summed E-state index contributed by atoms with van der Waals surface area (Å²) in [5, 5.41) is 3.79. The predicted octanol–water partition coefficient (Wildman–Crippen LogP) is 3.89. The second-order valence-corrected chi connectivity index (χ2v) is 7.90. The van der Waals surface area contributed by atoms with Gasteiger partial charge >= 0.3 is 0 Å². The molecule has 1 aliphatic heterocycles. The summed E-state index contributed by atoms with van der Waals surface area (Å²) in [6.07, 6.45) is 2.04. The van der Waals surface area contributed by atoms with Crippen LogP contribution in [0.1, 0.15) is 32.3 Å². The lowest BCUT2D eigenvalue weighted by Crippen LogP contribution is -2.26. The molecule has 0 bridgehead atoms. The summed E-state index contributed by atoms with van der Waals surface area (Å²) in [5.74, 6) is 2.35. The molecule has 1 aromatic heterocycles. The van der Waals surface area contributed by atoms with Crippen LogP contribution in [0.25, 0.3) is 0 Å². The number of benzene rings is 1. The van der Waals surface area contributed by atoms with E-state index in [4.69, 9.17) is 21.1 Å². The zero-order chi connectivity index (χ0) is 20.6. The van der Waals surface area contributed by atoms with Crippen molar-refractivity contribution in [3.05, 3.63) is 35.0 Å². The second-order valence-electron chi connectivity index (χ2n) is 6.57. The summed E-state index contributed by atoms with van der Waals surface area (Å²) in [6.45, 7) is 6.72. The second kappa shape index (κ2) is 10.5. The highest BCUT2D eigenvalue weighted by atomic mass is 35.5. The van der Waals surface area contributed by atoms with Gasteiger partial charge in [-0.3, -0.25) is 4.79 Å². The topological polar surface area (TPSA) is 76.6 Å². The molecule has 2 heterocycles. The van der Waals surface area contributed by atoms with Crippen molar-refractivity contribution in [1.29, 1.82) is 0 Å². The van der Waals surface area contributed by atoms with E-state index in [0.717, 1.165) is 43.1 Å². The Kier molecular flexibility index (Phi) is 7.83. The number of aromatic nitrogens is 2. The Balaban J connectivity index is 1.54. The van der Waals surface area contributed by atoms with Crippen LogP contribution in [0, 0.1) is 0 Å². The van der Waals surface area contributed by atoms with Crippen LogP contribution in [0.15, 0.2) is 29.4 Å². The molecule has 1 aromatic carbocycles. The average molecular weight is 437 g/mol. The predicted molar refractivity (Wildman–Crippen MR) is 115 cm³/mol. The molecule has 0 atom stereocenters. The Bertz CT molecular complexity index is 846. The van der Waals surface area contributed by atoms with Crippen molar-refractivity contribution in [2.24, 2.45) is 0 Å². The number of hydrogen-bond acceptors (Lipinski definition) is 7. The van der Waals surface area contributed by atoms with Gasteiger partial charge in [0.05, 0.1) is 5.75 Å². The van der Waals surface area contributed by atoms with Gasteiger partial charge in [-0.2, -0.15) is 0 Å². The van der Waals surface area contributed by atoms with Gasteiger partial charge in [-0.15, -0.1) is 0 Å². The number of halogens is 1. The molecule has 0 fully saturated rings. The molecule has 2 aromatic rings. The molecule has 7 nitrogen and oxygen atoms in total. The number of ether oxygens (including phenoxy) is 2. The number of thioether (sulfide) groups is 1. The van der Waals surface area contributed by atoms with Crippen LogP contribution >= 0.6 is 23.4 Å². The summed E-state index contributed by atoms with van der Waals surface area (Å²) in [4.78, 5) is 23.3. The van der Waals surface area contributed by atoms with Crippen molar-refractivity contribution < 1.29 is 14.3 Å². The number of carbonyl (C=O) groups is 1. The standard InChI is InChI=1S/C20H25ClN4O3S/c1-3-7-25(8-4-2)18-10-17(21)23-20(24-18)29-12-19(26)22-11-14-5-6-15-16(9-14)28-13-27-15/h5-6,9-10H,3-4,7-8,11-13H2,1-2H3,(H,22,26). The molecule has 0 radical (unpaired) electrons. The molecular formula is C20H25ClN4O3S. The molecular weight excluding hydrogens is 412 g/mol. The van der Waals surface area contributed by atoms with Gasteiger partial charge in [0.25, 0.3) is 0 Å². The fourth-order valence-electron chi connectivity index (χ4n) is 2.93. The quantitative estimate of drug-likeness (QED) is 0.344. The van der Waals surface area contributed by atoms with E-state index in [-0.39, 0.29) is 18.5 Å². The van der Waals surface area contributed by atoms with Gasteiger partial charge in [-0.05, 0) is 30.5 Å². The number of nitrogens with one attached hydrogen (secondary N) is 1. The lowest BCUT2D eigenvalue weighted by Gasteiger charge is -2.22. The third kappa shape index (κ3) is 6.14. The van der Waals surface area contributed by atoms with Crippen LogP contribution in [-0.4, -0.2) is 41.5 Å². The van der Waals surface area contributed by atoms with E-state index < -0.39 is 0 Å². The fraction of sp³-hybridized carbons (Fsp3) is 0.450. The number of hydrogen-bond donors (Lipinski definition) is 1. The molecule has 1 aliphatic rings. The highest BCUT2D eigenvalue weighted by Gasteiger charge is 2.14. The number of rotatable bonds is 10. The van der Waals surface area contributed by atoms with E-state index in [2.05, 4.69) is 34.0 Å². The minimum atomic E-state index is -0.100. The number of nitrogens with zero attached hydrogens (tertiary/aromatic N) is 3. The minimum Gasteiger partial charge on any atom is -0.454 e. The molecule has 0 aliphatic carbocycles. The molecule has 0 unspecified atom stereocenters. The van der Waals surface area contributed by atoms with E-state index >= 15 is 0 Å². The fourth-order valence-corrected chi connectivity index (χ4v) is 3.84. The number of fused-ring (bicyclic) bond motifs is 1. The van der Waals surface area contributed by atoms with Crippen molar-refractivity contribution in [3.63, 3.8) is 0 Å². The minimum absolute atomic E-state index is 0.100. The highest BCUT2D eigenvalue weighted by Crippen LogP contribution is 2.32. The van der Waals surface area contributed by atoms with Gasteiger partial charge in [-0.25, -0.2) is 9.97 Å². The summed E-state index contributed by atoms with van der Waals surface area (Å²) < 4.78 is 10.6. The normalized spacial score (nSPS) is 12.1. The van der Waals surface area contributed by atoms with Crippen molar-refractivity contribution in [3.8, 4) is 11.5 Å². The van der Waals surface area contributed by atoms with Gasteiger partial charge < -0.3 is 19.7 Å². The maximum Gasteiger partial charge on any atom is 0.231 e. The van der Waals surface area contributed by atoms with E-state index in [9.17, 15) is 4.79 Å². The first kappa shape index (κ1) is 21.5. The molecule has 29 heavy (non-hydrogen) atoms. The molecule has 1 amide bonds. The Morgan fingerprint density at radius 3 is 2.69 bits per heavy atom. The first-order valence-electron chi connectivity index (χ1n) is 9.66. The first-order chi connectivity index (χ1) is 14.1. The lowest BCUT2D eigenvalue weighted by atomic mass is 10.2. The van der Waals surface area contributed by atoms with Crippen LogP contribution < -0.4 is 19.7 Å². The van der Waals surface area contributed by atoms with Gasteiger partial charge in [0.2, 0.25) is 12.7 Å². The molecule has 156 valence electrons. The Labute approximate surface area is 180 Å². The van der Waals surface area contributed by atoms with Gasteiger partial charge in [-0.1, -0.05) is 43.3 Å². The Hall–Kier alpha value is -2.19. The van der Waals surface area contributed by atoms with Crippen molar-refractivity contribution in [2.75, 3.05) is 30.5 Å². The molecule has 0 spiro atoms. The third-order valence-corrected chi connectivity index (χ3v) is 5.27. The van der Waals surface area contributed by atoms with Crippen LogP contribution in [0.4, 0.5) is 5.82 Å². The summed E-state index contributed by atoms with van der Waals surface area (Å²) >= 11 is 7.46. The summed E-state index contributed by atoms with van der Waals surface area (Å²) in [7, 11) is 0. The third-order valence-electron chi connectivity index (χ3n) is 4.23. The molecule has 9 heteroatoms. The smallest absolute Gasteiger partial charge is 0.231 e. The average Bonchev–Trinajstić information content (AvgIpc) is 3.18. The monoisotopic (exact) mass is 436 g/mol. The number of anilines is 1. The summed E-state index contributed by atoms with van der Waals surface area (Å²) in [6, 6.07) is 7.40. The van der Waals surface area contributed by atoms with Crippen LogP contribution in [0.5, 0.6) is 11.5 Å². The van der Waals surface area contributed by atoms with Crippen molar-refractivity contribution >= 4 is 35.1 Å². The lowest BCUT2D eigenvalue weighted by molar-refractivity contribution is -0.118. The highest BCUT2D eigenvalue weighted by molar-refractivity contribution is 7.99. The van der Waals surface area contributed by atoms with Gasteiger partial charge in [0, 0.05) is 25.7 Å². The zero-order valence-electron chi connectivity index (χ0n) is 16.6. The van der Waals surface area contributed by atoms with Crippen LogP contribution in [-0.2, 0) is 11.3 Å². The molecule has 3 rings (SSSR count). The van der Waals surface area contributed by atoms with Gasteiger partial charge in [0.1, 0.15) is 11.0 Å². The Morgan fingerprint density at radius 2 is 1.93 bits per heavy atom. The van der Waals surface area contributed by atoms with Crippen LogP contribution in [0.2, 0.25) is 5.15 Å². The zero-order valence-corrected chi connectivity index (χ0v) is 18.2. The molecule has 0 saturated carbocycles. The molecule has 0 saturated heterocycles. The van der Waals surface area contributed by atoms with Crippen molar-refractivity contribution in [2.45, 2.75) is 38.4 Å². The van der Waals surface area contributed by atoms with E-state index in [0.29, 0.717) is 22.6 Å². The van der Waals surface area contributed by atoms with E-state index in [1.54, 1.807) is 6.07 Å². The first-order valence-corrected chi connectivity index (χ1v) is 11.0. The van der Waals surface area contributed by atoms with E-state index in [1.807, 2.05) is 18.2 Å². The van der Waals surface area contributed by atoms with Gasteiger partial charge in [0.15, 0.2) is 16.7 Å². The molecule has 1 N–H and O–H groups in total. The number of amides is 1. The summed E-state index contributed by atoms with van der Waals surface area (Å²) in [5.41, 5.74) is 0.948. The maximum absolute atomic E-state index is 12.2. The van der Waals surface area contributed by atoms with Crippen molar-refractivity contribution in [1.82, 2.24) is 15.3 Å². The van der Waals surface area contributed by atoms with E-state index in [1.165, 1.54) is 11.8 Å². The SMILES string of the molecule is CCCN(CCC)c1cc(Cl)nc(SCC(=O)NCc2ccc3c(c2)OCO3)n1. The largest absolute Gasteiger partial charge is 0.454 e. The number of carbonyl (C=O) groups excluding carboxylic acids is 1. The Morgan fingerprint density at radius 1 is 1.17 bits per heavy atom.